The molecule has 6 heteroatoms. The second-order valence-corrected chi connectivity index (χ2v) is 4.40. The molecule has 1 aromatic carbocycles. The lowest BCUT2D eigenvalue weighted by molar-refractivity contribution is 0.105. The van der Waals surface area contributed by atoms with Crippen LogP contribution in [0.5, 0.6) is 0 Å². The average Bonchev–Trinajstić information content (AvgIpc) is 2.98. The number of hydrogen-bond donors (Lipinski definition) is 0. The number of benzene rings is 1. The summed E-state index contributed by atoms with van der Waals surface area (Å²) in [5.74, 6) is 0. The maximum absolute atomic E-state index is 11.8. The first kappa shape index (κ1) is 13.2. The second kappa shape index (κ2) is 6.66. The third kappa shape index (κ3) is 3.63. The number of amides is 1. The number of azide groups is 1. The van der Waals surface area contributed by atoms with Crippen molar-refractivity contribution in [1.82, 2.24) is 4.90 Å². The molecule has 0 saturated carbocycles. The summed E-state index contributed by atoms with van der Waals surface area (Å²) in [5.41, 5.74) is 9.42. The van der Waals surface area contributed by atoms with Crippen LogP contribution in [-0.4, -0.2) is 30.7 Å². The zero-order valence-electron chi connectivity index (χ0n) is 10.6. The minimum Gasteiger partial charge on any atom is -0.449 e. The van der Waals surface area contributed by atoms with E-state index in [4.69, 9.17) is 10.3 Å². The summed E-state index contributed by atoms with van der Waals surface area (Å²) >= 11 is 0. The van der Waals surface area contributed by atoms with E-state index in [2.05, 4.69) is 10.0 Å². The van der Waals surface area contributed by atoms with Gasteiger partial charge in [-0.3, -0.25) is 0 Å². The predicted octanol–water partition coefficient (Wildman–Crippen LogP) is 3.27. The average molecular weight is 260 g/mol. The van der Waals surface area contributed by atoms with Crippen molar-refractivity contribution in [3.63, 3.8) is 0 Å². The molecule has 6 nitrogen and oxygen atoms in total. The molecule has 1 heterocycles. The van der Waals surface area contributed by atoms with Crippen LogP contribution in [0.4, 0.5) is 4.79 Å². The first-order chi connectivity index (χ1) is 9.31. The molecule has 1 saturated heterocycles. The van der Waals surface area contributed by atoms with Crippen molar-refractivity contribution in [3.8, 4) is 0 Å². The van der Waals surface area contributed by atoms with Crippen molar-refractivity contribution in [2.75, 3.05) is 19.7 Å². The molecule has 1 aliphatic heterocycles. The summed E-state index contributed by atoms with van der Waals surface area (Å²) in [5, 5.41) is 3.68. The SMILES string of the molecule is [N-]=[N+]=NC(COC(=O)N1CCCC1)c1ccccc1. The maximum Gasteiger partial charge on any atom is 0.409 e. The van der Waals surface area contributed by atoms with E-state index in [0.717, 1.165) is 31.5 Å². The Kier molecular flexibility index (Phi) is 4.64. The van der Waals surface area contributed by atoms with Gasteiger partial charge in [-0.05, 0) is 23.9 Å². The van der Waals surface area contributed by atoms with Gasteiger partial charge >= 0.3 is 6.09 Å². The van der Waals surface area contributed by atoms with Crippen molar-refractivity contribution >= 4 is 6.09 Å². The molecule has 1 aliphatic rings. The first-order valence-electron chi connectivity index (χ1n) is 6.32. The Hall–Kier alpha value is -2.20. The second-order valence-electron chi connectivity index (χ2n) is 4.40. The van der Waals surface area contributed by atoms with Gasteiger partial charge in [0.15, 0.2) is 0 Å². The highest BCUT2D eigenvalue weighted by Gasteiger charge is 2.20. The van der Waals surface area contributed by atoms with Gasteiger partial charge in [0.1, 0.15) is 6.61 Å². The molecule has 100 valence electrons. The van der Waals surface area contributed by atoms with E-state index in [0.29, 0.717) is 0 Å². The summed E-state index contributed by atoms with van der Waals surface area (Å²) in [6.07, 6.45) is 1.72. The number of carbonyl (C=O) groups excluding carboxylic acids is 1. The standard InChI is InChI=1S/C13H16N4O2/c14-16-15-12(11-6-2-1-3-7-11)10-19-13(18)17-8-4-5-9-17/h1-3,6-7,12H,4-5,8-10H2. The van der Waals surface area contributed by atoms with Gasteiger partial charge in [-0.15, -0.1) is 0 Å². The Morgan fingerprint density at radius 1 is 1.37 bits per heavy atom. The Morgan fingerprint density at radius 3 is 2.68 bits per heavy atom. The molecule has 1 aromatic rings. The summed E-state index contributed by atoms with van der Waals surface area (Å²) in [6, 6.07) is 8.83. The normalized spacial score (nSPS) is 15.7. The minimum atomic E-state index is -0.474. The van der Waals surface area contributed by atoms with Crippen LogP contribution < -0.4 is 0 Å². The van der Waals surface area contributed by atoms with E-state index in [1.54, 1.807) is 4.90 Å². The van der Waals surface area contributed by atoms with E-state index in [1.807, 2.05) is 30.3 Å². The molecule has 0 aromatic heterocycles. The van der Waals surface area contributed by atoms with Crippen LogP contribution >= 0.6 is 0 Å². The van der Waals surface area contributed by atoms with Crippen molar-refractivity contribution in [3.05, 3.63) is 46.3 Å². The molecule has 0 bridgehead atoms. The van der Waals surface area contributed by atoms with Gasteiger partial charge in [0, 0.05) is 18.0 Å². The molecule has 2 rings (SSSR count). The largest absolute Gasteiger partial charge is 0.449 e. The summed E-state index contributed by atoms with van der Waals surface area (Å²) in [7, 11) is 0. The highest BCUT2D eigenvalue weighted by Crippen LogP contribution is 2.18. The summed E-state index contributed by atoms with van der Waals surface area (Å²) in [6.45, 7) is 1.57. The monoisotopic (exact) mass is 260 g/mol. The van der Waals surface area contributed by atoms with Gasteiger partial charge in [-0.1, -0.05) is 35.4 Å². The van der Waals surface area contributed by atoms with Crippen LogP contribution in [0.25, 0.3) is 10.4 Å². The number of rotatable bonds is 4. The number of nitrogens with zero attached hydrogens (tertiary/aromatic N) is 4. The van der Waals surface area contributed by atoms with Crippen LogP contribution in [0.3, 0.4) is 0 Å². The third-order valence-electron chi connectivity index (χ3n) is 3.10. The van der Waals surface area contributed by atoms with E-state index >= 15 is 0 Å². The fourth-order valence-electron chi connectivity index (χ4n) is 2.07. The Bertz CT molecular complexity index is 465. The van der Waals surface area contributed by atoms with Crippen molar-refractivity contribution in [2.24, 2.45) is 5.11 Å². The predicted molar refractivity (Wildman–Crippen MR) is 70.5 cm³/mol. The van der Waals surface area contributed by atoms with Crippen LogP contribution in [0, 0.1) is 0 Å². The van der Waals surface area contributed by atoms with Gasteiger partial charge < -0.3 is 9.64 Å². The van der Waals surface area contributed by atoms with E-state index < -0.39 is 6.04 Å². The lowest BCUT2D eigenvalue weighted by atomic mass is 10.1. The van der Waals surface area contributed by atoms with Gasteiger partial charge in [0.25, 0.3) is 0 Å². The Morgan fingerprint density at radius 2 is 2.05 bits per heavy atom. The molecule has 0 radical (unpaired) electrons. The lowest BCUT2D eigenvalue weighted by Gasteiger charge is -2.17. The molecule has 1 amide bonds. The Balaban J connectivity index is 1.94. The highest BCUT2D eigenvalue weighted by molar-refractivity contribution is 5.67. The fraction of sp³-hybridized carbons (Fsp3) is 0.462. The molecule has 0 aliphatic carbocycles. The van der Waals surface area contributed by atoms with Crippen LogP contribution in [-0.2, 0) is 4.74 Å². The molecule has 0 spiro atoms. The molecule has 1 fully saturated rings. The highest BCUT2D eigenvalue weighted by atomic mass is 16.6. The topological polar surface area (TPSA) is 78.3 Å². The molecule has 0 N–H and O–H groups in total. The summed E-state index contributed by atoms with van der Waals surface area (Å²) < 4.78 is 5.22. The molecule has 1 unspecified atom stereocenters. The number of ether oxygens (including phenoxy) is 1. The minimum absolute atomic E-state index is 0.0728. The van der Waals surface area contributed by atoms with E-state index in [9.17, 15) is 4.79 Å². The zero-order valence-corrected chi connectivity index (χ0v) is 10.6. The van der Waals surface area contributed by atoms with Crippen molar-refractivity contribution < 1.29 is 9.53 Å². The van der Waals surface area contributed by atoms with E-state index in [-0.39, 0.29) is 12.7 Å². The maximum atomic E-state index is 11.8. The first-order valence-corrected chi connectivity index (χ1v) is 6.32. The van der Waals surface area contributed by atoms with Crippen LogP contribution in [0.1, 0.15) is 24.4 Å². The van der Waals surface area contributed by atoms with Crippen LogP contribution in [0.2, 0.25) is 0 Å². The van der Waals surface area contributed by atoms with Gasteiger partial charge in [-0.25, -0.2) is 4.79 Å². The molecule has 1 atom stereocenters. The number of hydrogen-bond acceptors (Lipinski definition) is 3. The lowest BCUT2D eigenvalue weighted by Crippen LogP contribution is -2.29. The summed E-state index contributed by atoms with van der Waals surface area (Å²) in [4.78, 5) is 16.2. The molecular weight excluding hydrogens is 244 g/mol. The fourth-order valence-corrected chi connectivity index (χ4v) is 2.07. The molecule has 19 heavy (non-hydrogen) atoms. The van der Waals surface area contributed by atoms with Crippen molar-refractivity contribution in [2.45, 2.75) is 18.9 Å². The number of likely N-dealkylation sites (tertiary alicyclic amines) is 1. The Labute approximate surface area is 111 Å². The molecular formula is C13H16N4O2. The van der Waals surface area contributed by atoms with E-state index in [1.165, 1.54) is 0 Å². The quantitative estimate of drug-likeness (QED) is 0.473. The number of carbonyl (C=O) groups is 1. The van der Waals surface area contributed by atoms with Gasteiger partial charge in [-0.2, -0.15) is 0 Å². The smallest absolute Gasteiger partial charge is 0.409 e. The van der Waals surface area contributed by atoms with Crippen molar-refractivity contribution in [1.29, 1.82) is 0 Å². The zero-order chi connectivity index (χ0) is 13.5. The van der Waals surface area contributed by atoms with Crippen LogP contribution in [0.15, 0.2) is 35.4 Å². The third-order valence-corrected chi connectivity index (χ3v) is 3.10. The van der Waals surface area contributed by atoms with Gasteiger partial charge in [0.05, 0.1) is 6.04 Å². The van der Waals surface area contributed by atoms with Gasteiger partial charge in [0.2, 0.25) is 0 Å².